The second-order valence-electron chi connectivity index (χ2n) is 8.62. The molecule has 1 aliphatic rings. The Morgan fingerprint density at radius 3 is 2.67 bits per heavy atom. The number of rotatable bonds is 7. The molecule has 0 spiro atoms. The Morgan fingerprint density at radius 1 is 1.17 bits per heavy atom. The van der Waals surface area contributed by atoms with Crippen molar-refractivity contribution in [1.82, 2.24) is 15.2 Å². The molecule has 1 fully saturated rings. The molecule has 2 aromatic heterocycles. The zero-order valence-electron chi connectivity index (χ0n) is 17.7. The van der Waals surface area contributed by atoms with Crippen LogP contribution in [0, 0.1) is 5.41 Å². The van der Waals surface area contributed by atoms with Gasteiger partial charge in [0.25, 0.3) is 0 Å². The summed E-state index contributed by atoms with van der Waals surface area (Å²) in [6.07, 6.45) is 5.35. The average molecular weight is 420 g/mol. The molecule has 1 aliphatic heterocycles. The summed E-state index contributed by atoms with van der Waals surface area (Å²) in [6, 6.07) is 15.1. The highest BCUT2D eigenvalue weighted by molar-refractivity contribution is 7.08. The minimum absolute atomic E-state index is 0.141. The first kappa shape index (κ1) is 20.8. The van der Waals surface area contributed by atoms with Crippen molar-refractivity contribution in [3.05, 3.63) is 76.7 Å². The third-order valence-electron chi connectivity index (χ3n) is 5.81. The Hall–Kier alpha value is -2.50. The van der Waals surface area contributed by atoms with Crippen molar-refractivity contribution in [2.24, 2.45) is 5.41 Å². The standard InChI is InChI=1S/C25H29N3OS/c1-19(2)27-24(29)25(10-12-28(18-25)16-21-4-3-11-26-15-21)14-20-5-7-22(8-6-20)23-9-13-30-17-23/h3-9,11,13,15,17,19H,10,12,14,16,18H2,1-2H3,(H,27,29). The zero-order chi connectivity index (χ0) is 21.0. The maximum atomic E-state index is 13.3. The van der Waals surface area contributed by atoms with Crippen LogP contribution in [0.15, 0.2) is 65.6 Å². The number of aromatic nitrogens is 1. The molecule has 1 N–H and O–H groups in total. The molecule has 0 aliphatic carbocycles. The van der Waals surface area contributed by atoms with Gasteiger partial charge in [-0.3, -0.25) is 14.7 Å². The lowest BCUT2D eigenvalue weighted by molar-refractivity contribution is -0.131. The Balaban J connectivity index is 1.52. The number of thiophene rings is 1. The highest BCUT2D eigenvalue weighted by Crippen LogP contribution is 2.36. The number of pyridine rings is 1. The van der Waals surface area contributed by atoms with E-state index in [2.05, 4.69) is 62.4 Å². The van der Waals surface area contributed by atoms with Gasteiger partial charge in [-0.2, -0.15) is 11.3 Å². The van der Waals surface area contributed by atoms with E-state index in [0.717, 1.165) is 32.5 Å². The highest BCUT2D eigenvalue weighted by atomic mass is 32.1. The molecule has 156 valence electrons. The summed E-state index contributed by atoms with van der Waals surface area (Å²) in [5, 5.41) is 7.45. The first-order chi connectivity index (χ1) is 14.5. The van der Waals surface area contributed by atoms with Crippen LogP contribution in [0.4, 0.5) is 0 Å². The lowest BCUT2D eigenvalue weighted by Gasteiger charge is -2.30. The smallest absolute Gasteiger partial charge is 0.228 e. The van der Waals surface area contributed by atoms with Crippen molar-refractivity contribution >= 4 is 17.2 Å². The normalized spacial score (nSPS) is 19.3. The Labute approximate surface area is 183 Å². The van der Waals surface area contributed by atoms with Crippen LogP contribution in [-0.2, 0) is 17.8 Å². The first-order valence-electron chi connectivity index (χ1n) is 10.6. The van der Waals surface area contributed by atoms with Crippen LogP contribution in [0.25, 0.3) is 11.1 Å². The van der Waals surface area contributed by atoms with Crippen LogP contribution in [0.1, 0.15) is 31.4 Å². The van der Waals surface area contributed by atoms with Gasteiger partial charge in [-0.05, 0) is 78.4 Å². The van der Waals surface area contributed by atoms with E-state index in [4.69, 9.17) is 0 Å². The van der Waals surface area contributed by atoms with Gasteiger partial charge in [-0.15, -0.1) is 0 Å². The van der Waals surface area contributed by atoms with Gasteiger partial charge < -0.3 is 5.32 Å². The molecule has 5 heteroatoms. The fourth-order valence-electron chi connectivity index (χ4n) is 4.30. The number of benzene rings is 1. The van der Waals surface area contributed by atoms with Crippen molar-refractivity contribution in [3.63, 3.8) is 0 Å². The van der Waals surface area contributed by atoms with Gasteiger partial charge in [0.05, 0.1) is 5.41 Å². The van der Waals surface area contributed by atoms with E-state index in [9.17, 15) is 4.79 Å². The molecule has 1 saturated heterocycles. The SMILES string of the molecule is CC(C)NC(=O)C1(Cc2ccc(-c3ccsc3)cc2)CCN(Cc2cccnc2)C1. The van der Waals surface area contributed by atoms with Crippen LogP contribution in [0.3, 0.4) is 0 Å². The molecule has 3 aromatic rings. The molecule has 0 radical (unpaired) electrons. The predicted molar refractivity (Wildman–Crippen MR) is 123 cm³/mol. The van der Waals surface area contributed by atoms with Gasteiger partial charge in [0.2, 0.25) is 5.91 Å². The van der Waals surface area contributed by atoms with Gasteiger partial charge >= 0.3 is 0 Å². The van der Waals surface area contributed by atoms with Crippen molar-refractivity contribution < 1.29 is 4.79 Å². The third-order valence-corrected chi connectivity index (χ3v) is 6.50. The Morgan fingerprint density at radius 2 is 2.00 bits per heavy atom. The number of carbonyl (C=O) groups is 1. The lowest BCUT2D eigenvalue weighted by Crippen LogP contribution is -2.46. The van der Waals surface area contributed by atoms with E-state index in [1.54, 1.807) is 17.5 Å². The summed E-state index contributed by atoms with van der Waals surface area (Å²) >= 11 is 1.71. The van der Waals surface area contributed by atoms with Gasteiger partial charge in [-0.25, -0.2) is 0 Å². The van der Waals surface area contributed by atoms with Crippen molar-refractivity contribution in [3.8, 4) is 11.1 Å². The fourth-order valence-corrected chi connectivity index (χ4v) is 4.97. The molecule has 1 amide bonds. The van der Waals surface area contributed by atoms with Gasteiger partial charge in [0.1, 0.15) is 0 Å². The van der Waals surface area contributed by atoms with Crippen molar-refractivity contribution in [1.29, 1.82) is 0 Å². The Kier molecular flexibility index (Phi) is 6.30. The van der Waals surface area contributed by atoms with Gasteiger partial charge in [0, 0.05) is 31.5 Å². The summed E-state index contributed by atoms with van der Waals surface area (Å²) in [6.45, 7) is 6.59. The average Bonchev–Trinajstić information content (AvgIpc) is 3.40. The summed E-state index contributed by atoms with van der Waals surface area (Å²) in [5.74, 6) is 0.174. The van der Waals surface area contributed by atoms with E-state index < -0.39 is 5.41 Å². The van der Waals surface area contributed by atoms with Crippen molar-refractivity contribution in [2.45, 2.75) is 39.3 Å². The van der Waals surface area contributed by atoms with E-state index in [1.807, 2.05) is 26.1 Å². The minimum atomic E-state index is -0.392. The summed E-state index contributed by atoms with van der Waals surface area (Å²) in [5.41, 5.74) is 4.50. The van der Waals surface area contributed by atoms with E-state index >= 15 is 0 Å². The van der Waals surface area contributed by atoms with Crippen LogP contribution in [-0.4, -0.2) is 34.9 Å². The maximum Gasteiger partial charge on any atom is 0.228 e. The monoisotopic (exact) mass is 419 g/mol. The fraction of sp³-hybridized carbons (Fsp3) is 0.360. The van der Waals surface area contributed by atoms with E-state index in [1.165, 1.54) is 22.3 Å². The number of hydrogen-bond donors (Lipinski definition) is 1. The van der Waals surface area contributed by atoms with Crippen LogP contribution in [0.2, 0.25) is 0 Å². The first-order valence-corrected chi connectivity index (χ1v) is 11.5. The molecular weight excluding hydrogens is 390 g/mol. The van der Waals surface area contributed by atoms with Crippen LogP contribution in [0.5, 0.6) is 0 Å². The maximum absolute atomic E-state index is 13.3. The predicted octanol–water partition coefficient (Wildman–Crippen LogP) is 4.77. The summed E-state index contributed by atoms with van der Waals surface area (Å²) in [4.78, 5) is 19.9. The minimum Gasteiger partial charge on any atom is -0.353 e. The number of amides is 1. The largest absolute Gasteiger partial charge is 0.353 e. The molecule has 0 bridgehead atoms. The molecular formula is C25H29N3OS. The molecule has 4 nitrogen and oxygen atoms in total. The highest BCUT2D eigenvalue weighted by Gasteiger charge is 2.44. The molecule has 1 aromatic carbocycles. The molecule has 0 saturated carbocycles. The molecule has 3 heterocycles. The molecule has 4 rings (SSSR count). The molecule has 1 atom stereocenters. The zero-order valence-corrected chi connectivity index (χ0v) is 18.5. The Bertz CT molecular complexity index is 954. The number of carbonyl (C=O) groups excluding carboxylic acids is 1. The second kappa shape index (κ2) is 9.11. The molecule has 1 unspecified atom stereocenters. The van der Waals surface area contributed by atoms with E-state index in [-0.39, 0.29) is 11.9 Å². The van der Waals surface area contributed by atoms with Crippen LogP contribution < -0.4 is 5.32 Å². The number of nitrogens with zero attached hydrogens (tertiary/aromatic N) is 2. The second-order valence-corrected chi connectivity index (χ2v) is 9.40. The summed E-state index contributed by atoms with van der Waals surface area (Å²) < 4.78 is 0. The quantitative estimate of drug-likeness (QED) is 0.600. The lowest BCUT2D eigenvalue weighted by atomic mass is 9.79. The van der Waals surface area contributed by atoms with E-state index in [0.29, 0.717) is 0 Å². The van der Waals surface area contributed by atoms with Gasteiger partial charge in [-0.1, -0.05) is 30.3 Å². The topological polar surface area (TPSA) is 45.2 Å². The number of nitrogens with one attached hydrogen (secondary N) is 1. The number of likely N-dealkylation sites (tertiary alicyclic amines) is 1. The summed E-state index contributed by atoms with van der Waals surface area (Å²) in [7, 11) is 0. The number of hydrogen-bond acceptors (Lipinski definition) is 4. The third kappa shape index (κ3) is 4.79. The van der Waals surface area contributed by atoms with Gasteiger partial charge in [0.15, 0.2) is 0 Å². The van der Waals surface area contributed by atoms with Crippen LogP contribution >= 0.6 is 11.3 Å². The molecule has 30 heavy (non-hydrogen) atoms. The van der Waals surface area contributed by atoms with Crippen molar-refractivity contribution in [2.75, 3.05) is 13.1 Å².